The molecule has 0 aliphatic carbocycles. The van der Waals surface area contributed by atoms with Crippen LogP contribution in [0, 0.1) is 13.8 Å². The monoisotopic (exact) mass is 265 g/mol. The van der Waals surface area contributed by atoms with Crippen molar-refractivity contribution in [2.45, 2.75) is 20.3 Å². The molecule has 0 spiro atoms. The van der Waals surface area contributed by atoms with Crippen molar-refractivity contribution in [2.24, 2.45) is 5.73 Å². The van der Waals surface area contributed by atoms with Gasteiger partial charge in [-0.05, 0) is 49.7 Å². The average Bonchev–Trinajstić information content (AvgIpc) is 2.80. The Balaban J connectivity index is 2.26. The van der Waals surface area contributed by atoms with Crippen molar-refractivity contribution in [1.29, 1.82) is 0 Å². The molecule has 0 fully saturated rings. The van der Waals surface area contributed by atoms with Gasteiger partial charge in [0.05, 0.1) is 11.4 Å². The summed E-state index contributed by atoms with van der Waals surface area (Å²) in [6.45, 7) is 4.89. The summed E-state index contributed by atoms with van der Waals surface area (Å²) < 4.78 is 2.15. The van der Waals surface area contributed by atoms with Crippen LogP contribution in [0.2, 0.25) is 0 Å². The van der Waals surface area contributed by atoms with E-state index in [4.69, 9.17) is 10.7 Å². The Morgan fingerprint density at radius 2 is 1.95 bits per heavy atom. The number of hydrogen-bond donors (Lipinski definition) is 1. The van der Waals surface area contributed by atoms with Crippen molar-refractivity contribution < 1.29 is 0 Å². The number of hydrogen-bond acceptors (Lipinski definition) is 2. The Kier molecular flexibility index (Phi) is 3.28. The van der Waals surface area contributed by atoms with Crippen LogP contribution < -0.4 is 5.73 Å². The van der Waals surface area contributed by atoms with E-state index in [1.54, 1.807) is 0 Å². The second-order valence-electron chi connectivity index (χ2n) is 5.17. The fraction of sp³-hybridized carbons (Fsp3) is 0.235. The van der Waals surface area contributed by atoms with Crippen LogP contribution in [0.15, 0.2) is 42.6 Å². The zero-order valence-corrected chi connectivity index (χ0v) is 11.9. The van der Waals surface area contributed by atoms with Crippen LogP contribution in [0.5, 0.6) is 0 Å². The number of aromatic nitrogens is 2. The van der Waals surface area contributed by atoms with Crippen LogP contribution in [0.4, 0.5) is 0 Å². The highest BCUT2D eigenvalue weighted by atomic mass is 15.0. The Labute approximate surface area is 119 Å². The molecule has 0 unspecified atom stereocenters. The SMILES string of the molecule is Cc1ccc(-c2c(CCN)nc3ccccn23)cc1C. The molecule has 1 aromatic carbocycles. The summed E-state index contributed by atoms with van der Waals surface area (Å²) in [7, 11) is 0. The summed E-state index contributed by atoms with van der Waals surface area (Å²) in [5.41, 5.74) is 12.8. The van der Waals surface area contributed by atoms with Gasteiger partial charge in [-0.25, -0.2) is 4.98 Å². The first-order valence-electron chi connectivity index (χ1n) is 6.94. The van der Waals surface area contributed by atoms with E-state index < -0.39 is 0 Å². The van der Waals surface area contributed by atoms with Crippen molar-refractivity contribution >= 4 is 5.65 Å². The number of nitrogens with zero attached hydrogens (tertiary/aromatic N) is 2. The molecule has 0 radical (unpaired) electrons. The van der Waals surface area contributed by atoms with Gasteiger partial charge in [0.1, 0.15) is 5.65 Å². The van der Waals surface area contributed by atoms with E-state index in [0.717, 1.165) is 23.5 Å². The molecule has 2 N–H and O–H groups in total. The number of nitrogens with two attached hydrogens (primary N) is 1. The van der Waals surface area contributed by atoms with Gasteiger partial charge in [-0.3, -0.25) is 4.40 Å². The smallest absolute Gasteiger partial charge is 0.137 e. The zero-order chi connectivity index (χ0) is 14.1. The minimum atomic E-state index is 0.613. The maximum atomic E-state index is 5.73. The van der Waals surface area contributed by atoms with Crippen molar-refractivity contribution in [3.8, 4) is 11.3 Å². The minimum Gasteiger partial charge on any atom is -0.330 e. The maximum absolute atomic E-state index is 5.73. The Morgan fingerprint density at radius 1 is 1.10 bits per heavy atom. The lowest BCUT2D eigenvalue weighted by molar-refractivity contribution is 0.939. The fourth-order valence-electron chi connectivity index (χ4n) is 2.55. The molecular weight excluding hydrogens is 246 g/mol. The van der Waals surface area contributed by atoms with Crippen molar-refractivity contribution in [2.75, 3.05) is 6.54 Å². The first kappa shape index (κ1) is 12.9. The summed E-state index contributed by atoms with van der Waals surface area (Å²) in [5.74, 6) is 0. The first-order valence-corrected chi connectivity index (χ1v) is 6.94. The van der Waals surface area contributed by atoms with Crippen LogP contribution in [-0.2, 0) is 6.42 Å². The number of benzene rings is 1. The average molecular weight is 265 g/mol. The van der Waals surface area contributed by atoms with Gasteiger partial charge in [-0.2, -0.15) is 0 Å². The molecule has 0 aliphatic heterocycles. The Bertz CT molecular complexity index is 756. The largest absolute Gasteiger partial charge is 0.330 e. The molecule has 0 saturated heterocycles. The highest BCUT2D eigenvalue weighted by molar-refractivity contribution is 5.68. The summed E-state index contributed by atoms with van der Waals surface area (Å²) in [6.07, 6.45) is 2.86. The third-order valence-electron chi connectivity index (χ3n) is 3.76. The quantitative estimate of drug-likeness (QED) is 0.790. The van der Waals surface area contributed by atoms with Gasteiger partial charge in [0, 0.05) is 18.2 Å². The minimum absolute atomic E-state index is 0.613. The third-order valence-corrected chi connectivity index (χ3v) is 3.76. The summed E-state index contributed by atoms with van der Waals surface area (Å²) >= 11 is 0. The van der Waals surface area contributed by atoms with E-state index in [2.05, 4.69) is 42.6 Å². The van der Waals surface area contributed by atoms with Gasteiger partial charge < -0.3 is 5.73 Å². The van der Waals surface area contributed by atoms with E-state index >= 15 is 0 Å². The fourth-order valence-corrected chi connectivity index (χ4v) is 2.55. The summed E-state index contributed by atoms with van der Waals surface area (Å²) in [4.78, 5) is 4.71. The van der Waals surface area contributed by atoms with Gasteiger partial charge in [0.25, 0.3) is 0 Å². The molecule has 2 heterocycles. The van der Waals surface area contributed by atoms with Crippen LogP contribution >= 0.6 is 0 Å². The van der Waals surface area contributed by atoms with Crippen molar-refractivity contribution in [3.63, 3.8) is 0 Å². The molecule has 0 aliphatic rings. The molecule has 3 aromatic rings. The third kappa shape index (κ3) is 2.10. The lowest BCUT2D eigenvalue weighted by Crippen LogP contribution is -2.04. The number of rotatable bonds is 3. The van der Waals surface area contributed by atoms with Gasteiger partial charge in [-0.15, -0.1) is 0 Å². The second-order valence-corrected chi connectivity index (χ2v) is 5.17. The zero-order valence-electron chi connectivity index (χ0n) is 11.9. The maximum Gasteiger partial charge on any atom is 0.137 e. The van der Waals surface area contributed by atoms with E-state index in [9.17, 15) is 0 Å². The molecule has 3 nitrogen and oxygen atoms in total. The molecular formula is C17H19N3. The van der Waals surface area contributed by atoms with E-state index in [-0.39, 0.29) is 0 Å². The second kappa shape index (κ2) is 5.10. The highest BCUT2D eigenvalue weighted by Crippen LogP contribution is 2.27. The molecule has 0 atom stereocenters. The Hall–Kier alpha value is -2.13. The van der Waals surface area contributed by atoms with E-state index in [0.29, 0.717) is 6.54 Å². The first-order chi connectivity index (χ1) is 9.70. The molecule has 3 rings (SSSR count). The topological polar surface area (TPSA) is 43.3 Å². The Morgan fingerprint density at radius 3 is 2.70 bits per heavy atom. The highest BCUT2D eigenvalue weighted by Gasteiger charge is 2.13. The normalized spacial score (nSPS) is 11.2. The van der Waals surface area contributed by atoms with Crippen LogP contribution in [0.3, 0.4) is 0 Å². The molecule has 0 saturated carbocycles. The lowest BCUT2D eigenvalue weighted by atomic mass is 10.0. The van der Waals surface area contributed by atoms with Crippen molar-refractivity contribution in [3.05, 3.63) is 59.4 Å². The van der Waals surface area contributed by atoms with Crippen molar-refractivity contribution in [1.82, 2.24) is 9.38 Å². The predicted molar refractivity (Wildman–Crippen MR) is 82.9 cm³/mol. The van der Waals surface area contributed by atoms with Gasteiger partial charge in [0.2, 0.25) is 0 Å². The van der Waals surface area contributed by atoms with E-state index in [1.807, 2.05) is 18.2 Å². The number of aryl methyl sites for hydroxylation is 2. The van der Waals surface area contributed by atoms with Gasteiger partial charge in [0.15, 0.2) is 0 Å². The molecule has 0 amide bonds. The predicted octanol–water partition coefficient (Wildman–Crippen LogP) is 3.12. The van der Waals surface area contributed by atoms with Gasteiger partial charge >= 0.3 is 0 Å². The van der Waals surface area contributed by atoms with Crippen LogP contribution in [-0.4, -0.2) is 15.9 Å². The van der Waals surface area contributed by atoms with Gasteiger partial charge in [-0.1, -0.05) is 18.2 Å². The summed E-state index contributed by atoms with van der Waals surface area (Å²) in [5, 5.41) is 0. The standard InChI is InChI=1S/C17H19N3/c1-12-6-7-14(11-13(12)2)17-15(8-9-18)19-16-5-3-4-10-20(16)17/h3-7,10-11H,8-9,18H2,1-2H3. The van der Waals surface area contributed by atoms with E-state index in [1.165, 1.54) is 16.7 Å². The number of pyridine rings is 1. The van der Waals surface area contributed by atoms with Crippen LogP contribution in [0.1, 0.15) is 16.8 Å². The molecule has 102 valence electrons. The number of imidazole rings is 1. The molecule has 20 heavy (non-hydrogen) atoms. The summed E-state index contributed by atoms with van der Waals surface area (Å²) in [6, 6.07) is 12.6. The molecule has 0 bridgehead atoms. The molecule has 2 aromatic heterocycles. The van der Waals surface area contributed by atoms with Crippen LogP contribution in [0.25, 0.3) is 16.9 Å². The lowest BCUT2D eigenvalue weighted by Gasteiger charge is -2.07. The molecule has 3 heteroatoms. The number of fused-ring (bicyclic) bond motifs is 1.